The van der Waals surface area contributed by atoms with Crippen LogP contribution in [0.2, 0.25) is 0 Å². The van der Waals surface area contributed by atoms with E-state index in [0.717, 1.165) is 42.3 Å². The van der Waals surface area contributed by atoms with Crippen molar-refractivity contribution in [2.24, 2.45) is 5.92 Å². The number of hydrogen-bond acceptors (Lipinski definition) is 6. The maximum atomic E-state index is 12.6. The van der Waals surface area contributed by atoms with Crippen molar-refractivity contribution < 1.29 is 32.6 Å². The molecule has 0 atom stereocenters. The molecule has 1 heterocycles. The average molecular weight is 440 g/mol. The van der Waals surface area contributed by atoms with E-state index in [2.05, 4.69) is 10.1 Å². The predicted octanol–water partition coefficient (Wildman–Crippen LogP) is 3.64. The molecule has 0 spiro atoms. The van der Waals surface area contributed by atoms with Crippen molar-refractivity contribution in [2.75, 3.05) is 20.2 Å². The number of rotatable bonds is 8. The third-order valence-corrected chi connectivity index (χ3v) is 5.84. The molecule has 0 radical (unpaired) electrons. The van der Waals surface area contributed by atoms with Gasteiger partial charge in [0.25, 0.3) is 11.1 Å². The van der Waals surface area contributed by atoms with Gasteiger partial charge in [0.2, 0.25) is 5.91 Å². The van der Waals surface area contributed by atoms with Crippen LogP contribution in [-0.2, 0) is 9.59 Å². The number of imide groups is 1. The molecule has 3 rings (SSSR count). The summed E-state index contributed by atoms with van der Waals surface area (Å²) in [6.07, 6.45) is 5.33. The van der Waals surface area contributed by atoms with Gasteiger partial charge in [-0.15, -0.1) is 0 Å². The Kier molecular flexibility index (Phi) is 7.30. The van der Waals surface area contributed by atoms with Crippen molar-refractivity contribution in [3.63, 3.8) is 0 Å². The van der Waals surface area contributed by atoms with Crippen LogP contribution in [0.25, 0.3) is 6.08 Å². The Bertz CT molecular complexity index is 856. The van der Waals surface area contributed by atoms with Crippen LogP contribution in [-0.4, -0.2) is 48.8 Å². The summed E-state index contributed by atoms with van der Waals surface area (Å²) in [5, 5.41) is 2.36. The molecule has 30 heavy (non-hydrogen) atoms. The molecule has 7 nitrogen and oxygen atoms in total. The van der Waals surface area contributed by atoms with E-state index in [0.29, 0.717) is 5.56 Å². The second kappa shape index (κ2) is 9.92. The summed E-state index contributed by atoms with van der Waals surface area (Å²) in [6, 6.07) is 4.23. The predicted molar refractivity (Wildman–Crippen MR) is 107 cm³/mol. The van der Waals surface area contributed by atoms with Crippen molar-refractivity contribution >= 4 is 34.9 Å². The van der Waals surface area contributed by atoms with Crippen molar-refractivity contribution in [1.29, 1.82) is 0 Å². The third kappa shape index (κ3) is 5.29. The highest BCUT2D eigenvalue weighted by atomic mass is 32.2. The van der Waals surface area contributed by atoms with Gasteiger partial charge < -0.3 is 14.8 Å². The number of nitrogens with zero attached hydrogens (tertiary/aromatic N) is 1. The highest BCUT2D eigenvalue weighted by molar-refractivity contribution is 8.18. The second-order valence-electron chi connectivity index (χ2n) is 6.89. The number of hydrogen-bond donors (Lipinski definition) is 1. The van der Waals surface area contributed by atoms with Gasteiger partial charge in [-0.05, 0) is 48.4 Å². The lowest BCUT2D eigenvalue weighted by Crippen LogP contribution is -2.39. The van der Waals surface area contributed by atoms with Gasteiger partial charge in [-0.25, -0.2) is 0 Å². The van der Waals surface area contributed by atoms with E-state index in [-0.39, 0.29) is 41.3 Å². The number of carbonyl (C=O) groups excluding carboxylic acids is 3. The first-order chi connectivity index (χ1) is 14.4. The number of thioether (sulfide) groups is 1. The molecule has 3 amide bonds. The molecule has 1 aromatic rings. The van der Waals surface area contributed by atoms with Crippen molar-refractivity contribution in [2.45, 2.75) is 32.3 Å². The van der Waals surface area contributed by atoms with Gasteiger partial charge in [-0.3, -0.25) is 19.3 Å². The highest BCUT2D eigenvalue weighted by Gasteiger charge is 2.35. The van der Waals surface area contributed by atoms with Crippen LogP contribution in [0.3, 0.4) is 0 Å². The number of alkyl halides is 2. The van der Waals surface area contributed by atoms with E-state index >= 15 is 0 Å². The zero-order valence-corrected chi connectivity index (χ0v) is 17.2. The second-order valence-corrected chi connectivity index (χ2v) is 7.89. The minimum Gasteiger partial charge on any atom is -0.493 e. The lowest BCUT2D eigenvalue weighted by Gasteiger charge is -2.14. The van der Waals surface area contributed by atoms with E-state index in [1.54, 1.807) is 0 Å². The maximum Gasteiger partial charge on any atom is 0.387 e. The van der Waals surface area contributed by atoms with Gasteiger partial charge in [0.1, 0.15) is 0 Å². The number of benzene rings is 1. The fraction of sp³-hybridized carbons (Fsp3) is 0.450. The quantitative estimate of drug-likeness (QED) is 0.622. The van der Waals surface area contributed by atoms with Gasteiger partial charge in [-0.1, -0.05) is 18.9 Å². The summed E-state index contributed by atoms with van der Waals surface area (Å²) in [5.74, 6) is -0.527. The summed E-state index contributed by atoms with van der Waals surface area (Å²) in [7, 11) is 1.31. The Morgan fingerprint density at radius 2 is 2.03 bits per heavy atom. The molecule has 2 aliphatic rings. The van der Waals surface area contributed by atoms with E-state index in [9.17, 15) is 23.2 Å². The molecule has 162 valence electrons. The summed E-state index contributed by atoms with van der Waals surface area (Å²) in [6.45, 7) is -2.70. The van der Waals surface area contributed by atoms with Crippen molar-refractivity contribution in [3.05, 3.63) is 28.7 Å². The molecule has 1 saturated carbocycles. The average Bonchev–Trinajstić information content (AvgIpc) is 3.33. The molecule has 1 N–H and O–H groups in total. The minimum absolute atomic E-state index is 0.0202. The van der Waals surface area contributed by atoms with Crippen molar-refractivity contribution in [3.8, 4) is 11.5 Å². The first-order valence-corrected chi connectivity index (χ1v) is 10.4. The van der Waals surface area contributed by atoms with E-state index in [1.165, 1.54) is 31.4 Å². The monoisotopic (exact) mass is 440 g/mol. The molecular formula is C20H22F2N2O5S. The number of methoxy groups -OCH3 is 1. The first-order valence-electron chi connectivity index (χ1n) is 9.55. The summed E-state index contributed by atoms with van der Waals surface area (Å²) < 4.78 is 34.3. The summed E-state index contributed by atoms with van der Waals surface area (Å²) >= 11 is 0.783. The molecule has 2 fully saturated rings. The summed E-state index contributed by atoms with van der Waals surface area (Å²) in [4.78, 5) is 38.1. The van der Waals surface area contributed by atoms with E-state index < -0.39 is 17.8 Å². The molecular weight excluding hydrogens is 418 g/mol. The SMILES string of the molecule is COc1cc(/C=C2\SC(=O)N(CCNC(=O)C3CCCC3)C2=O)ccc1OC(F)F. The smallest absolute Gasteiger partial charge is 0.387 e. The van der Waals surface area contributed by atoms with Crippen LogP contribution in [0.15, 0.2) is 23.1 Å². The lowest BCUT2D eigenvalue weighted by atomic mass is 10.1. The van der Waals surface area contributed by atoms with Crippen LogP contribution in [0.1, 0.15) is 31.2 Å². The Labute approximate surface area is 176 Å². The van der Waals surface area contributed by atoms with E-state index in [4.69, 9.17) is 4.74 Å². The molecule has 1 aliphatic carbocycles. The van der Waals surface area contributed by atoms with Crippen LogP contribution in [0, 0.1) is 5.92 Å². The molecule has 1 saturated heterocycles. The topological polar surface area (TPSA) is 84.9 Å². The van der Waals surface area contributed by atoms with Crippen LogP contribution in [0.4, 0.5) is 13.6 Å². The Hall–Kier alpha value is -2.62. The molecule has 10 heteroatoms. The maximum absolute atomic E-state index is 12.6. The van der Waals surface area contributed by atoms with E-state index in [1.807, 2.05) is 0 Å². The number of carbonyl (C=O) groups is 3. The zero-order chi connectivity index (χ0) is 21.7. The van der Waals surface area contributed by atoms with Crippen LogP contribution < -0.4 is 14.8 Å². The van der Waals surface area contributed by atoms with Gasteiger partial charge in [0.15, 0.2) is 11.5 Å². The summed E-state index contributed by atoms with van der Waals surface area (Å²) in [5.41, 5.74) is 0.494. The normalized spacial score (nSPS) is 18.5. The van der Waals surface area contributed by atoms with Gasteiger partial charge in [0, 0.05) is 19.0 Å². The zero-order valence-electron chi connectivity index (χ0n) is 16.4. The van der Waals surface area contributed by atoms with Gasteiger partial charge >= 0.3 is 6.61 Å². The molecule has 0 bridgehead atoms. The fourth-order valence-electron chi connectivity index (χ4n) is 3.43. The Morgan fingerprint density at radius 3 is 2.70 bits per heavy atom. The Balaban J connectivity index is 1.62. The number of nitrogens with one attached hydrogen (secondary N) is 1. The number of halogens is 2. The first kappa shape index (κ1) is 22.1. The minimum atomic E-state index is -2.99. The third-order valence-electron chi connectivity index (χ3n) is 4.94. The number of amides is 3. The molecule has 0 aromatic heterocycles. The van der Waals surface area contributed by atoms with Crippen molar-refractivity contribution in [1.82, 2.24) is 10.2 Å². The highest BCUT2D eigenvalue weighted by Crippen LogP contribution is 2.34. The van der Waals surface area contributed by atoms with Crippen LogP contribution >= 0.6 is 11.8 Å². The Morgan fingerprint density at radius 1 is 1.30 bits per heavy atom. The van der Waals surface area contributed by atoms with Crippen LogP contribution in [0.5, 0.6) is 11.5 Å². The lowest BCUT2D eigenvalue weighted by molar-refractivity contribution is -0.126. The fourth-order valence-corrected chi connectivity index (χ4v) is 4.30. The standard InChI is InChI=1S/C20H22F2N2O5S/c1-28-15-10-12(6-7-14(15)29-19(21)22)11-16-18(26)24(20(27)30-16)9-8-23-17(25)13-4-2-3-5-13/h6-7,10-11,13,19H,2-5,8-9H2,1H3,(H,23,25)/b16-11-. The van der Waals surface area contributed by atoms with Gasteiger partial charge in [-0.2, -0.15) is 8.78 Å². The largest absolute Gasteiger partial charge is 0.493 e. The number of ether oxygens (including phenoxy) is 2. The molecule has 1 aromatic carbocycles. The molecule has 1 aliphatic heterocycles. The van der Waals surface area contributed by atoms with Gasteiger partial charge in [0.05, 0.1) is 12.0 Å². The molecule has 0 unspecified atom stereocenters.